The number of nitrogens with zero attached hydrogens (tertiary/aromatic N) is 5. The van der Waals surface area contributed by atoms with Crippen LogP contribution in [0.3, 0.4) is 0 Å². The lowest BCUT2D eigenvalue weighted by atomic mass is 10.2. The van der Waals surface area contributed by atoms with Crippen LogP contribution < -0.4 is 14.4 Å². The molecule has 1 aromatic carbocycles. The number of ether oxygens (including phenoxy) is 2. The van der Waals surface area contributed by atoms with E-state index in [0.717, 1.165) is 55.9 Å². The average molecular weight is 377 g/mol. The number of hydrogen-bond donors (Lipinski definition) is 0. The molecule has 3 aromatic rings. The summed E-state index contributed by atoms with van der Waals surface area (Å²) < 4.78 is 13.9. The first-order chi connectivity index (χ1) is 13.9. The molecule has 0 amide bonds. The van der Waals surface area contributed by atoms with Gasteiger partial charge in [-0.2, -0.15) is 9.78 Å². The minimum Gasteiger partial charge on any atom is -0.486 e. The first-order valence-corrected chi connectivity index (χ1v) is 9.68. The normalized spacial score (nSPS) is 19.6. The zero-order chi connectivity index (χ0) is 18.8. The predicted octanol–water partition coefficient (Wildman–Crippen LogP) is 2.23. The van der Waals surface area contributed by atoms with Crippen LogP contribution in [-0.2, 0) is 0 Å². The van der Waals surface area contributed by atoms with Crippen molar-refractivity contribution in [1.82, 2.24) is 19.7 Å². The van der Waals surface area contributed by atoms with Crippen molar-refractivity contribution in [1.29, 1.82) is 0 Å². The van der Waals surface area contributed by atoms with Crippen molar-refractivity contribution in [3.8, 4) is 17.3 Å². The Balaban J connectivity index is 1.20. The van der Waals surface area contributed by atoms with E-state index < -0.39 is 0 Å². The molecule has 0 N–H and O–H groups in total. The van der Waals surface area contributed by atoms with Gasteiger partial charge in [-0.25, -0.2) is 4.98 Å². The first-order valence-electron chi connectivity index (χ1n) is 9.68. The van der Waals surface area contributed by atoms with Gasteiger partial charge in [-0.05, 0) is 24.3 Å². The number of para-hydroxylation sites is 2. The van der Waals surface area contributed by atoms with E-state index in [9.17, 15) is 0 Å². The SMILES string of the molecule is c1ccc(-n2nccc2N2CCN(CC3COc4ccccc4O3)CC2)nc1. The maximum Gasteiger partial charge on any atom is 0.161 e. The summed E-state index contributed by atoms with van der Waals surface area (Å²) in [6.07, 6.45) is 3.70. The van der Waals surface area contributed by atoms with Gasteiger partial charge in [0.1, 0.15) is 18.5 Å². The lowest BCUT2D eigenvalue weighted by molar-refractivity contribution is 0.0570. The number of aromatic nitrogens is 3. The van der Waals surface area contributed by atoms with Crippen molar-refractivity contribution in [2.75, 3.05) is 44.2 Å². The molecule has 1 saturated heterocycles. The predicted molar refractivity (Wildman–Crippen MR) is 106 cm³/mol. The molecule has 28 heavy (non-hydrogen) atoms. The molecule has 0 saturated carbocycles. The van der Waals surface area contributed by atoms with Crippen LogP contribution in [0.1, 0.15) is 0 Å². The highest BCUT2D eigenvalue weighted by Crippen LogP contribution is 2.31. The molecule has 1 atom stereocenters. The number of benzene rings is 1. The van der Waals surface area contributed by atoms with E-state index in [0.29, 0.717) is 6.61 Å². The molecule has 4 heterocycles. The Morgan fingerprint density at radius 1 is 0.893 bits per heavy atom. The van der Waals surface area contributed by atoms with E-state index in [1.807, 2.05) is 53.3 Å². The minimum atomic E-state index is 0.0699. The van der Waals surface area contributed by atoms with Crippen LogP contribution in [0.25, 0.3) is 5.82 Å². The summed E-state index contributed by atoms with van der Waals surface area (Å²) >= 11 is 0. The number of piperazine rings is 1. The Morgan fingerprint density at radius 3 is 2.54 bits per heavy atom. The number of pyridine rings is 1. The van der Waals surface area contributed by atoms with Crippen molar-refractivity contribution < 1.29 is 9.47 Å². The largest absolute Gasteiger partial charge is 0.486 e. The Kier molecular flexibility index (Phi) is 4.58. The first kappa shape index (κ1) is 17.1. The number of fused-ring (bicyclic) bond motifs is 1. The molecular weight excluding hydrogens is 354 g/mol. The molecule has 1 fully saturated rings. The highest BCUT2D eigenvalue weighted by molar-refractivity contribution is 5.45. The topological polar surface area (TPSA) is 55.7 Å². The zero-order valence-electron chi connectivity index (χ0n) is 15.6. The second-order valence-corrected chi connectivity index (χ2v) is 7.07. The van der Waals surface area contributed by atoms with Crippen molar-refractivity contribution >= 4 is 5.82 Å². The Bertz CT molecular complexity index is 921. The Morgan fingerprint density at radius 2 is 1.71 bits per heavy atom. The molecule has 2 aromatic heterocycles. The summed E-state index contributed by atoms with van der Waals surface area (Å²) in [4.78, 5) is 9.23. The monoisotopic (exact) mass is 377 g/mol. The number of anilines is 1. The fourth-order valence-corrected chi connectivity index (χ4v) is 3.79. The van der Waals surface area contributed by atoms with E-state index in [-0.39, 0.29) is 6.10 Å². The van der Waals surface area contributed by atoms with Crippen molar-refractivity contribution in [2.45, 2.75) is 6.10 Å². The third-order valence-corrected chi connectivity index (χ3v) is 5.21. The van der Waals surface area contributed by atoms with Gasteiger partial charge in [-0.15, -0.1) is 0 Å². The summed E-state index contributed by atoms with van der Waals surface area (Å²) in [6.45, 7) is 5.33. The summed E-state index contributed by atoms with van der Waals surface area (Å²) in [6, 6.07) is 15.8. The number of hydrogen-bond acceptors (Lipinski definition) is 6. The highest BCUT2D eigenvalue weighted by Gasteiger charge is 2.26. The second kappa shape index (κ2) is 7.52. The molecule has 0 aliphatic carbocycles. The van der Waals surface area contributed by atoms with Gasteiger partial charge < -0.3 is 14.4 Å². The van der Waals surface area contributed by atoms with Gasteiger partial charge >= 0.3 is 0 Å². The van der Waals surface area contributed by atoms with Gasteiger partial charge in [-0.1, -0.05) is 18.2 Å². The summed E-state index contributed by atoms with van der Waals surface area (Å²) in [5.74, 6) is 3.61. The van der Waals surface area contributed by atoms with Crippen LogP contribution in [0.15, 0.2) is 60.9 Å². The van der Waals surface area contributed by atoms with E-state index in [1.54, 1.807) is 6.20 Å². The van der Waals surface area contributed by atoms with E-state index in [2.05, 4.69) is 25.9 Å². The van der Waals surface area contributed by atoms with Gasteiger partial charge in [0, 0.05) is 45.0 Å². The van der Waals surface area contributed by atoms with Crippen molar-refractivity contribution in [3.05, 3.63) is 60.9 Å². The summed E-state index contributed by atoms with van der Waals surface area (Å²) in [7, 11) is 0. The van der Waals surface area contributed by atoms with Crippen molar-refractivity contribution in [2.24, 2.45) is 0 Å². The van der Waals surface area contributed by atoms with Gasteiger partial charge in [0.2, 0.25) is 0 Å². The highest BCUT2D eigenvalue weighted by atomic mass is 16.6. The summed E-state index contributed by atoms with van der Waals surface area (Å²) in [5, 5.41) is 4.46. The quantitative estimate of drug-likeness (QED) is 0.695. The zero-order valence-corrected chi connectivity index (χ0v) is 15.6. The standard InChI is InChI=1S/C21H23N5O2/c1-2-6-19-18(5-1)27-16-17(28-19)15-24-11-13-25(14-12-24)21-8-10-23-26(21)20-7-3-4-9-22-20/h1-10,17H,11-16H2. The minimum absolute atomic E-state index is 0.0699. The molecule has 2 aliphatic heterocycles. The van der Waals surface area contributed by atoms with Crippen LogP contribution in [0, 0.1) is 0 Å². The summed E-state index contributed by atoms with van der Waals surface area (Å²) in [5.41, 5.74) is 0. The molecule has 144 valence electrons. The maximum absolute atomic E-state index is 6.11. The van der Waals surface area contributed by atoms with Gasteiger partial charge in [0.25, 0.3) is 0 Å². The third-order valence-electron chi connectivity index (χ3n) is 5.21. The lowest BCUT2D eigenvalue weighted by Gasteiger charge is -2.38. The fourth-order valence-electron chi connectivity index (χ4n) is 3.79. The fraction of sp³-hybridized carbons (Fsp3) is 0.333. The van der Waals surface area contributed by atoms with Gasteiger partial charge in [0.05, 0.1) is 6.20 Å². The molecule has 1 unspecified atom stereocenters. The van der Waals surface area contributed by atoms with Gasteiger partial charge in [-0.3, -0.25) is 4.90 Å². The second-order valence-electron chi connectivity index (χ2n) is 7.07. The van der Waals surface area contributed by atoms with Gasteiger partial charge in [0.15, 0.2) is 17.3 Å². The molecule has 2 aliphatic rings. The van der Waals surface area contributed by atoms with Crippen LogP contribution in [0.4, 0.5) is 5.82 Å². The maximum atomic E-state index is 6.11. The lowest BCUT2D eigenvalue weighted by Crippen LogP contribution is -2.51. The molecule has 0 radical (unpaired) electrons. The smallest absolute Gasteiger partial charge is 0.161 e. The molecule has 0 bridgehead atoms. The molecule has 0 spiro atoms. The molecular formula is C21H23N5O2. The van der Waals surface area contributed by atoms with E-state index in [1.165, 1.54) is 0 Å². The van der Waals surface area contributed by atoms with Crippen LogP contribution in [-0.4, -0.2) is 65.1 Å². The molecule has 7 heteroatoms. The Hall–Kier alpha value is -3.06. The van der Waals surface area contributed by atoms with Crippen LogP contribution in [0.2, 0.25) is 0 Å². The molecule has 7 nitrogen and oxygen atoms in total. The third kappa shape index (κ3) is 3.41. The van der Waals surface area contributed by atoms with Crippen LogP contribution in [0.5, 0.6) is 11.5 Å². The average Bonchev–Trinajstić information content (AvgIpc) is 3.25. The number of rotatable bonds is 4. The van der Waals surface area contributed by atoms with E-state index in [4.69, 9.17) is 9.47 Å². The molecule has 5 rings (SSSR count). The Labute approximate surface area is 164 Å². The van der Waals surface area contributed by atoms with Crippen LogP contribution >= 0.6 is 0 Å². The van der Waals surface area contributed by atoms with Crippen molar-refractivity contribution in [3.63, 3.8) is 0 Å². The van der Waals surface area contributed by atoms with E-state index >= 15 is 0 Å².